The first-order chi connectivity index (χ1) is 5.93. The van der Waals surface area contributed by atoms with Gasteiger partial charge in [0.2, 0.25) is 0 Å². The molecule has 13 heavy (non-hydrogen) atoms. The number of nitrogens with one attached hydrogen (secondary N) is 2. The van der Waals surface area contributed by atoms with Crippen LogP contribution in [0.1, 0.15) is 6.92 Å². The maximum atomic E-state index is 10.9. The number of rotatable bonds is 4. The molecule has 5 nitrogen and oxygen atoms in total. The lowest BCUT2D eigenvalue weighted by Gasteiger charge is -2.09. The van der Waals surface area contributed by atoms with Crippen LogP contribution in [0.2, 0.25) is 0 Å². The summed E-state index contributed by atoms with van der Waals surface area (Å²) in [4.78, 5) is 21.2. The van der Waals surface area contributed by atoms with Gasteiger partial charge in [0.15, 0.2) is 0 Å². The second-order valence-electron chi connectivity index (χ2n) is 2.40. The summed E-state index contributed by atoms with van der Waals surface area (Å²) >= 11 is 5.37. The molecule has 0 bridgehead atoms. The predicted molar refractivity (Wildman–Crippen MR) is 48.6 cm³/mol. The lowest BCUT2D eigenvalue weighted by Crippen LogP contribution is -2.44. The van der Waals surface area contributed by atoms with Gasteiger partial charge >= 0.3 is 12.0 Å². The number of halogens is 1. The molecule has 0 radical (unpaired) electrons. The summed E-state index contributed by atoms with van der Waals surface area (Å²) in [5.74, 6) is -1.10. The van der Waals surface area contributed by atoms with E-state index in [2.05, 4.69) is 17.2 Å². The van der Waals surface area contributed by atoms with Gasteiger partial charge in [-0.05, 0) is 6.92 Å². The third kappa shape index (κ3) is 5.98. The smallest absolute Gasteiger partial charge is 0.325 e. The topological polar surface area (TPSA) is 78.4 Å². The monoisotopic (exact) mass is 206 g/mol. The van der Waals surface area contributed by atoms with Crippen molar-refractivity contribution in [2.75, 3.05) is 6.54 Å². The molecule has 6 heteroatoms. The average molecular weight is 207 g/mol. The number of carbonyl (C=O) groups excluding carboxylic acids is 1. The first kappa shape index (κ1) is 11.8. The zero-order chi connectivity index (χ0) is 10.4. The van der Waals surface area contributed by atoms with Crippen LogP contribution >= 0.6 is 11.6 Å². The Hall–Kier alpha value is -1.23. The van der Waals surface area contributed by atoms with E-state index in [-0.39, 0.29) is 11.6 Å². The van der Waals surface area contributed by atoms with E-state index in [4.69, 9.17) is 16.7 Å². The number of carboxylic acid groups (broad SMARTS) is 1. The van der Waals surface area contributed by atoms with Crippen LogP contribution in [0.25, 0.3) is 0 Å². The van der Waals surface area contributed by atoms with E-state index in [1.165, 1.54) is 6.92 Å². The van der Waals surface area contributed by atoms with Gasteiger partial charge in [-0.25, -0.2) is 4.79 Å². The molecule has 0 fully saturated rings. The van der Waals surface area contributed by atoms with Crippen molar-refractivity contribution in [3.8, 4) is 0 Å². The molecule has 0 rings (SSSR count). The number of amides is 2. The van der Waals surface area contributed by atoms with Gasteiger partial charge in [0.1, 0.15) is 6.04 Å². The molecule has 0 spiro atoms. The minimum absolute atomic E-state index is 0.111. The summed E-state index contributed by atoms with van der Waals surface area (Å²) in [6, 6.07) is -1.51. The minimum Gasteiger partial charge on any atom is -0.480 e. The van der Waals surface area contributed by atoms with Gasteiger partial charge in [0, 0.05) is 5.03 Å². The van der Waals surface area contributed by atoms with Crippen molar-refractivity contribution in [2.24, 2.45) is 0 Å². The zero-order valence-corrected chi connectivity index (χ0v) is 7.89. The molecule has 74 valence electrons. The van der Waals surface area contributed by atoms with Crippen LogP contribution in [0.4, 0.5) is 4.79 Å². The van der Waals surface area contributed by atoms with Gasteiger partial charge in [-0.2, -0.15) is 0 Å². The fourth-order valence-electron chi connectivity index (χ4n) is 0.486. The van der Waals surface area contributed by atoms with Gasteiger partial charge in [-0.1, -0.05) is 18.2 Å². The fourth-order valence-corrected chi connectivity index (χ4v) is 0.552. The van der Waals surface area contributed by atoms with Gasteiger partial charge in [0.05, 0.1) is 6.54 Å². The lowest BCUT2D eigenvalue weighted by atomic mass is 10.3. The first-order valence-electron chi connectivity index (χ1n) is 3.54. The number of hydrogen-bond donors (Lipinski definition) is 3. The van der Waals surface area contributed by atoms with Gasteiger partial charge in [-0.3, -0.25) is 4.79 Å². The quantitative estimate of drug-likeness (QED) is 0.627. The summed E-state index contributed by atoms with van der Waals surface area (Å²) in [6.45, 7) is 4.82. The second kappa shape index (κ2) is 5.42. The van der Waals surface area contributed by atoms with Gasteiger partial charge < -0.3 is 15.7 Å². The fraction of sp³-hybridized carbons (Fsp3) is 0.429. The van der Waals surface area contributed by atoms with Crippen LogP contribution in [-0.4, -0.2) is 29.7 Å². The molecular formula is C7H11ClN2O3. The Morgan fingerprint density at radius 3 is 2.54 bits per heavy atom. The van der Waals surface area contributed by atoms with E-state index in [0.717, 1.165) is 0 Å². The van der Waals surface area contributed by atoms with E-state index in [9.17, 15) is 9.59 Å². The van der Waals surface area contributed by atoms with E-state index in [1.807, 2.05) is 0 Å². The van der Waals surface area contributed by atoms with Gasteiger partial charge in [0.25, 0.3) is 0 Å². The van der Waals surface area contributed by atoms with Crippen LogP contribution in [0.15, 0.2) is 11.6 Å². The first-order valence-corrected chi connectivity index (χ1v) is 3.91. The highest BCUT2D eigenvalue weighted by molar-refractivity contribution is 6.29. The normalized spacial score (nSPS) is 11.5. The summed E-state index contributed by atoms with van der Waals surface area (Å²) < 4.78 is 0. The third-order valence-corrected chi connectivity index (χ3v) is 1.29. The Bertz CT molecular complexity index is 230. The zero-order valence-electron chi connectivity index (χ0n) is 7.13. The van der Waals surface area contributed by atoms with Crippen LogP contribution in [0.5, 0.6) is 0 Å². The molecule has 0 aliphatic rings. The number of carboxylic acids is 1. The summed E-state index contributed by atoms with van der Waals surface area (Å²) in [7, 11) is 0. The Morgan fingerprint density at radius 1 is 1.62 bits per heavy atom. The molecule has 0 saturated carbocycles. The molecule has 0 heterocycles. The molecular weight excluding hydrogens is 196 g/mol. The van der Waals surface area contributed by atoms with Gasteiger partial charge in [-0.15, -0.1) is 0 Å². The minimum atomic E-state index is -1.10. The van der Waals surface area contributed by atoms with Crippen molar-refractivity contribution < 1.29 is 14.7 Å². The average Bonchev–Trinajstić information content (AvgIpc) is 2.00. The molecule has 3 N–H and O–H groups in total. The Balaban J connectivity index is 3.74. The molecule has 0 aromatic heterocycles. The maximum Gasteiger partial charge on any atom is 0.325 e. The molecule has 0 aromatic carbocycles. The summed E-state index contributed by atoms with van der Waals surface area (Å²) in [6.07, 6.45) is 0. The standard InChI is InChI=1S/C7H11ClN2O3/c1-4(8)3-9-7(13)10-5(2)6(11)12/h5H,1,3H2,2H3,(H,11,12)(H2,9,10,13)/t5-/m1/s1. The third-order valence-electron chi connectivity index (χ3n) is 1.16. The van der Waals surface area contributed by atoms with Crippen molar-refractivity contribution in [1.29, 1.82) is 0 Å². The largest absolute Gasteiger partial charge is 0.480 e. The highest BCUT2D eigenvalue weighted by Gasteiger charge is 2.12. The Morgan fingerprint density at radius 2 is 2.15 bits per heavy atom. The molecule has 0 saturated heterocycles. The van der Waals surface area contributed by atoms with Crippen LogP contribution in [-0.2, 0) is 4.79 Å². The maximum absolute atomic E-state index is 10.9. The van der Waals surface area contributed by atoms with Crippen molar-refractivity contribution in [1.82, 2.24) is 10.6 Å². The highest BCUT2D eigenvalue weighted by Crippen LogP contribution is 1.91. The Kier molecular flexibility index (Phi) is 4.91. The van der Waals surface area contributed by atoms with Crippen LogP contribution < -0.4 is 10.6 Å². The second-order valence-corrected chi connectivity index (χ2v) is 2.94. The molecule has 0 aliphatic carbocycles. The van der Waals surface area contributed by atoms with Crippen molar-refractivity contribution in [2.45, 2.75) is 13.0 Å². The molecule has 0 unspecified atom stereocenters. The predicted octanol–water partition coefficient (Wildman–Crippen LogP) is 0.511. The molecule has 0 aromatic rings. The van der Waals surface area contributed by atoms with E-state index in [1.54, 1.807) is 0 Å². The molecule has 2 amide bonds. The van der Waals surface area contributed by atoms with Crippen molar-refractivity contribution in [3.63, 3.8) is 0 Å². The van der Waals surface area contributed by atoms with Crippen molar-refractivity contribution in [3.05, 3.63) is 11.6 Å². The van der Waals surface area contributed by atoms with Crippen LogP contribution in [0, 0.1) is 0 Å². The highest BCUT2D eigenvalue weighted by atomic mass is 35.5. The summed E-state index contributed by atoms with van der Waals surface area (Å²) in [5.41, 5.74) is 0. The van der Waals surface area contributed by atoms with Crippen molar-refractivity contribution >= 4 is 23.6 Å². The number of carbonyl (C=O) groups is 2. The molecule has 1 atom stereocenters. The lowest BCUT2D eigenvalue weighted by molar-refractivity contribution is -0.138. The van der Waals surface area contributed by atoms with E-state index >= 15 is 0 Å². The number of aliphatic carboxylic acids is 1. The Labute approximate surface area is 80.8 Å². The SMILES string of the molecule is C=C(Cl)CNC(=O)N[C@H](C)C(=O)O. The van der Waals surface area contributed by atoms with E-state index < -0.39 is 18.0 Å². The van der Waals surface area contributed by atoms with E-state index in [0.29, 0.717) is 0 Å². The number of urea groups is 1. The molecule has 0 aliphatic heterocycles. The summed E-state index contributed by atoms with van der Waals surface area (Å²) in [5, 5.41) is 13.2. The van der Waals surface area contributed by atoms with Crippen LogP contribution in [0.3, 0.4) is 0 Å². The number of hydrogen-bond acceptors (Lipinski definition) is 2.